The van der Waals surface area contributed by atoms with Gasteiger partial charge in [-0.25, -0.2) is 4.79 Å². The molecule has 0 saturated carbocycles. The molecule has 1 aromatic heterocycles. The van der Waals surface area contributed by atoms with Crippen molar-refractivity contribution in [2.24, 2.45) is 11.3 Å². The summed E-state index contributed by atoms with van der Waals surface area (Å²) in [5.41, 5.74) is 1.67. The van der Waals surface area contributed by atoms with Crippen LogP contribution < -0.4 is 0 Å². The summed E-state index contributed by atoms with van der Waals surface area (Å²) in [7, 11) is 0. The Morgan fingerprint density at radius 2 is 2.10 bits per heavy atom. The number of ketones is 1. The Balaban J connectivity index is 1.66. The van der Waals surface area contributed by atoms with Crippen LogP contribution in [-0.2, 0) is 30.6 Å². The summed E-state index contributed by atoms with van der Waals surface area (Å²) >= 11 is 0. The zero-order valence-corrected chi connectivity index (χ0v) is 18.0. The van der Waals surface area contributed by atoms with Crippen molar-refractivity contribution in [2.45, 2.75) is 46.0 Å². The molecule has 4 rings (SSSR count). The third-order valence-electron chi connectivity index (χ3n) is 6.41. The zero-order chi connectivity index (χ0) is 22.0. The van der Waals surface area contributed by atoms with Crippen molar-refractivity contribution in [1.29, 1.82) is 0 Å². The summed E-state index contributed by atoms with van der Waals surface area (Å²) in [6, 6.07) is 8.03. The van der Waals surface area contributed by atoms with Gasteiger partial charge in [0.2, 0.25) is 5.91 Å². The number of likely N-dealkylation sites (tertiary alicyclic amines) is 1. The van der Waals surface area contributed by atoms with Gasteiger partial charge in [-0.2, -0.15) is 4.89 Å². The number of hydrogen-bond acceptors (Lipinski definition) is 5. The minimum atomic E-state index is -1.16. The van der Waals surface area contributed by atoms with Gasteiger partial charge in [-0.15, -0.1) is 0 Å². The molecule has 1 N–H and O–H groups in total. The highest BCUT2D eigenvalue weighted by molar-refractivity contribution is 5.98. The molecule has 0 unspecified atom stereocenters. The van der Waals surface area contributed by atoms with E-state index in [9.17, 15) is 14.4 Å². The second-order valence-corrected chi connectivity index (χ2v) is 8.29. The number of nitrogens with zero attached hydrogens (tertiary/aromatic N) is 1. The number of amides is 1. The van der Waals surface area contributed by atoms with E-state index in [-0.39, 0.29) is 24.7 Å². The van der Waals surface area contributed by atoms with Crippen LogP contribution in [0.2, 0.25) is 0 Å². The molecule has 1 aliphatic carbocycles. The molecular weight excluding hydrogens is 396 g/mol. The highest BCUT2D eigenvalue weighted by Crippen LogP contribution is 2.53. The maximum absolute atomic E-state index is 13.5. The molecule has 2 heterocycles. The monoisotopic (exact) mass is 424 g/mol. The standard InChI is InChI=1S/C24H28N2O5/c1-3-30-31-23(29)24-12-7-6-10-21(24)26(22(28)19(24)14-16(2)27)13-11-17-15-25-20-9-5-4-8-18(17)20/h4-5,8-10,15,19,25H,3,6-7,11-14H2,1-2H3/t19-,24+/m1/s1. The summed E-state index contributed by atoms with van der Waals surface area (Å²) in [4.78, 5) is 53.7. The number of carbonyl (C=O) groups excluding carboxylic acids is 3. The maximum Gasteiger partial charge on any atom is 0.355 e. The number of benzene rings is 1. The fraction of sp³-hybridized carbons (Fsp3) is 0.458. The number of fused-ring (bicyclic) bond motifs is 2. The predicted octanol–water partition coefficient (Wildman–Crippen LogP) is 3.70. The van der Waals surface area contributed by atoms with Crippen molar-refractivity contribution >= 4 is 28.6 Å². The predicted molar refractivity (Wildman–Crippen MR) is 115 cm³/mol. The third-order valence-corrected chi connectivity index (χ3v) is 6.41. The smallest absolute Gasteiger partial charge is 0.355 e. The van der Waals surface area contributed by atoms with Gasteiger partial charge in [0.1, 0.15) is 11.2 Å². The van der Waals surface area contributed by atoms with E-state index in [0.29, 0.717) is 25.1 Å². The number of carbonyl (C=O) groups is 3. The van der Waals surface area contributed by atoms with Gasteiger partial charge in [0.25, 0.3) is 0 Å². The molecule has 7 heteroatoms. The number of Topliss-reactive ketones (excluding diaryl/α,β-unsaturated/α-hetero) is 1. The number of aromatic amines is 1. The number of nitrogens with one attached hydrogen (secondary N) is 1. The van der Waals surface area contributed by atoms with Gasteiger partial charge in [0, 0.05) is 35.8 Å². The quantitative estimate of drug-likeness (QED) is 0.516. The average Bonchev–Trinajstić information content (AvgIpc) is 3.28. The van der Waals surface area contributed by atoms with E-state index >= 15 is 0 Å². The second-order valence-electron chi connectivity index (χ2n) is 8.29. The van der Waals surface area contributed by atoms with Crippen molar-refractivity contribution in [3.8, 4) is 0 Å². The number of rotatable bonds is 8. The van der Waals surface area contributed by atoms with Gasteiger partial charge in [-0.3, -0.25) is 9.68 Å². The first-order chi connectivity index (χ1) is 15.0. The molecule has 164 valence electrons. The lowest BCUT2D eigenvalue weighted by atomic mass is 9.68. The van der Waals surface area contributed by atoms with Crippen LogP contribution in [0.3, 0.4) is 0 Å². The fourth-order valence-electron chi connectivity index (χ4n) is 5.04. The molecule has 1 saturated heterocycles. The first kappa shape index (κ1) is 21.3. The van der Waals surface area contributed by atoms with Crippen molar-refractivity contribution < 1.29 is 24.2 Å². The van der Waals surface area contributed by atoms with Crippen LogP contribution in [0.25, 0.3) is 10.9 Å². The molecular formula is C24H28N2O5. The SMILES string of the molecule is CCOOC(=O)[C@]12CCCC=C1N(CCc1c[nH]c3ccccc13)C(=O)[C@H]2CC(C)=O. The van der Waals surface area contributed by atoms with Crippen LogP contribution in [0.15, 0.2) is 42.2 Å². The third kappa shape index (κ3) is 3.67. The topological polar surface area (TPSA) is 88.7 Å². The molecule has 2 aromatic rings. The van der Waals surface area contributed by atoms with E-state index < -0.39 is 17.3 Å². The van der Waals surface area contributed by atoms with E-state index in [4.69, 9.17) is 9.78 Å². The van der Waals surface area contributed by atoms with Gasteiger partial charge in [-0.05, 0) is 51.2 Å². The Kier molecular flexibility index (Phi) is 5.96. The van der Waals surface area contributed by atoms with Gasteiger partial charge >= 0.3 is 5.97 Å². The minimum absolute atomic E-state index is 0.0149. The van der Waals surface area contributed by atoms with Crippen LogP contribution in [0.5, 0.6) is 0 Å². The minimum Gasteiger partial charge on any atom is -0.361 e. The molecule has 7 nitrogen and oxygen atoms in total. The molecule has 0 bridgehead atoms. The normalized spacial score (nSPS) is 23.0. The Bertz CT molecular complexity index is 1040. The van der Waals surface area contributed by atoms with Crippen LogP contribution in [-0.4, -0.2) is 40.7 Å². The molecule has 31 heavy (non-hydrogen) atoms. The van der Waals surface area contributed by atoms with Crippen LogP contribution in [0.1, 0.15) is 45.1 Å². The van der Waals surface area contributed by atoms with Crippen molar-refractivity contribution in [3.05, 3.63) is 47.8 Å². The highest BCUT2D eigenvalue weighted by Gasteiger charge is 2.62. The van der Waals surface area contributed by atoms with E-state index in [1.165, 1.54) is 6.92 Å². The lowest BCUT2D eigenvalue weighted by Gasteiger charge is -2.34. The van der Waals surface area contributed by atoms with E-state index in [1.54, 1.807) is 11.8 Å². The van der Waals surface area contributed by atoms with Gasteiger partial charge in [0.15, 0.2) is 0 Å². The van der Waals surface area contributed by atoms with E-state index in [2.05, 4.69) is 11.1 Å². The van der Waals surface area contributed by atoms with Gasteiger partial charge < -0.3 is 14.7 Å². The number of aromatic nitrogens is 1. The number of H-pyrrole nitrogens is 1. The largest absolute Gasteiger partial charge is 0.361 e. The van der Waals surface area contributed by atoms with Crippen LogP contribution in [0.4, 0.5) is 0 Å². The molecule has 1 fully saturated rings. The molecule has 0 spiro atoms. The summed E-state index contributed by atoms with van der Waals surface area (Å²) in [5, 5.41) is 1.12. The lowest BCUT2D eigenvalue weighted by molar-refractivity contribution is -0.278. The van der Waals surface area contributed by atoms with Crippen LogP contribution in [0, 0.1) is 11.3 Å². The van der Waals surface area contributed by atoms with E-state index in [0.717, 1.165) is 29.3 Å². The van der Waals surface area contributed by atoms with E-state index in [1.807, 2.05) is 30.5 Å². The lowest BCUT2D eigenvalue weighted by Crippen LogP contribution is -2.41. The highest BCUT2D eigenvalue weighted by atomic mass is 17.2. The zero-order valence-electron chi connectivity index (χ0n) is 18.0. The summed E-state index contributed by atoms with van der Waals surface area (Å²) < 4.78 is 0. The number of allylic oxidation sites excluding steroid dienone is 1. The first-order valence-corrected chi connectivity index (χ1v) is 10.9. The second kappa shape index (κ2) is 8.67. The van der Waals surface area contributed by atoms with Gasteiger partial charge in [0.05, 0.1) is 12.5 Å². The number of para-hydroxylation sites is 1. The van der Waals surface area contributed by atoms with Crippen molar-refractivity contribution in [3.63, 3.8) is 0 Å². The molecule has 2 atom stereocenters. The van der Waals surface area contributed by atoms with Gasteiger partial charge in [-0.1, -0.05) is 24.3 Å². The Hall–Kier alpha value is -2.93. The Morgan fingerprint density at radius 3 is 2.87 bits per heavy atom. The van der Waals surface area contributed by atoms with Crippen molar-refractivity contribution in [2.75, 3.05) is 13.2 Å². The summed E-state index contributed by atoms with van der Waals surface area (Å²) in [6.07, 6.45) is 6.58. The van der Waals surface area contributed by atoms with Crippen molar-refractivity contribution in [1.82, 2.24) is 9.88 Å². The Labute approximate surface area is 181 Å². The fourth-order valence-corrected chi connectivity index (χ4v) is 5.04. The molecule has 1 aromatic carbocycles. The average molecular weight is 424 g/mol. The molecule has 2 aliphatic rings. The van der Waals surface area contributed by atoms with Crippen LogP contribution >= 0.6 is 0 Å². The molecule has 0 radical (unpaired) electrons. The first-order valence-electron chi connectivity index (χ1n) is 10.9. The molecule has 1 amide bonds. The summed E-state index contributed by atoms with van der Waals surface area (Å²) in [6.45, 7) is 3.83. The summed E-state index contributed by atoms with van der Waals surface area (Å²) in [5.74, 6) is -1.64. The number of hydrogen-bond donors (Lipinski definition) is 1. The Morgan fingerprint density at radius 1 is 1.29 bits per heavy atom. The molecule has 1 aliphatic heterocycles. The maximum atomic E-state index is 13.5.